The molecule has 2 N–H and O–H groups in total. The molecule has 0 fully saturated rings. The molecule has 0 radical (unpaired) electrons. The Hall–Kier alpha value is -2.44. The van der Waals surface area contributed by atoms with Crippen molar-refractivity contribution in [1.82, 2.24) is 15.0 Å². The van der Waals surface area contributed by atoms with Gasteiger partial charge in [-0.2, -0.15) is 0 Å². The third-order valence-electron chi connectivity index (χ3n) is 3.64. The van der Waals surface area contributed by atoms with Gasteiger partial charge in [0.15, 0.2) is 0 Å². The predicted octanol–water partition coefficient (Wildman–Crippen LogP) is 3.35. The van der Waals surface area contributed by atoms with E-state index in [9.17, 15) is 14.6 Å². The van der Waals surface area contributed by atoms with Crippen molar-refractivity contribution in [3.8, 4) is 11.4 Å². The number of aliphatic hydroxyl groups is 1. The number of halogens is 2. The lowest BCUT2D eigenvalue weighted by Crippen LogP contribution is -2.05. The Morgan fingerprint density at radius 3 is 2.75 bits per heavy atom. The van der Waals surface area contributed by atoms with Gasteiger partial charge in [0.1, 0.15) is 17.3 Å². The predicted molar refractivity (Wildman–Crippen MR) is 87.8 cm³/mol. The summed E-state index contributed by atoms with van der Waals surface area (Å²) in [6, 6.07) is 9.30. The smallest absolute Gasteiger partial charge is 0.142 e. The van der Waals surface area contributed by atoms with Crippen LogP contribution >= 0.6 is 11.6 Å². The van der Waals surface area contributed by atoms with E-state index in [-0.39, 0.29) is 17.7 Å². The monoisotopic (exact) mass is 347 g/mol. The summed E-state index contributed by atoms with van der Waals surface area (Å²) in [7, 11) is 0. The van der Waals surface area contributed by atoms with E-state index in [4.69, 9.17) is 11.6 Å². The number of nitrogens with zero attached hydrogens (tertiary/aromatic N) is 3. The molecule has 7 heteroatoms. The zero-order valence-corrected chi connectivity index (χ0v) is 13.6. The van der Waals surface area contributed by atoms with E-state index in [0.717, 1.165) is 5.56 Å². The molecule has 0 amide bonds. The number of rotatable bonds is 4. The zero-order valence-electron chi connectivity index (χ0n) is 12.8. The fraction of sp³-hybridized carbons (Fsp3) is 0.176. The molecule has 3 aromatic rings. The standard InChI is InChI=1S/C17H15ClFN3O2/c1-10-2-4-13(14(19)6-10)16(23)8-12-9-22(21-20-12)15-5-3-11(18)7-17(15)24/h2-7,9,16,23-24H,8H2,1H3. The summed E-state index contributed by atoms with van der Waals surface area (Å²) in [5.41, 5.74) is 1.88. The molecule has 124 valence electrons. The van der Waals surface area contributed by atoms with Crippen molar-refractivity contribution in [2.24, 2.45) is 0 Å². The number of aryl methyl sites for hydroxylation is 1. The molecule has 0 aliphatic carbocycles. The molecule has 1 atom stereocenters. The molecule has 0 aliphatic heterocycles. The van der Waals surface area contributed by atoms with Crippen LogP contribution in [0.25, 0.3) is 5.69 Å². The quantitative estimate of drug-likeness (QED) is 0.759. The summed E-state index contributed by atoms with van der Waals surface area (Å²) >= 11 is 5.80. The van der Waals surface area contributed by atoms with Crippen LogP contribution in [0, 0.1) is 12.7 Å². The Morgan fingerprint density at radius 1 is 1.25 bits per heavy atom. The van der Waals surface area contributed by atoms with Crippen molar-refractivity contribution in [3.63, 3.8) is 0 Å². The molecule has 0 aliphatic rings. The average Bonchev–Trinajstić information content (AvgIpc) is 2.95. The number of benzene rings is 2. The topological polar surface area (TPSA) is 71.2 Å². The highest BCUT2D eigenvalue weighted by molar-refractivity contribution is 6.30. The van der Waals surface area contributed by atoms with Crippen molar-refractivity contribution in [1.29, 1.82) is 0 Å². The first-order valence-electron chi connectivity index (χ1n) is 7.28. The first kappa shape index (κ1) is 16.4. The second-order valence-electron chi connectivity index (χ2n) is 5.53. The van der Waals surface area contributed by atoms with Crippen LogP contribution in [0.3, 0.4) is 0 Å². The van der Waals surface area contributed by atoms with Gasteiger partial charge in [-0.25, -0.2) is 9.07 Å². The molecule has 1 aromatic heterocycles. The molecule has 24 heavy (non-hydrogen) atoms. The van der Waals surface area contributed by atoms with Crippen LogP contribution in [0.4, 0.5) is 4.39 Å². The van der Waals surface area contributed by atoms with Crippen LogP contribution in [0.2, 0.25) is 5.02 Å². The lowest BCUT2D eigenvalue weighted by atomic mass is 10.0. The molecule has 5 nitrogen and oxygen atoms in total. The first-order chi connectivity index (χ1) is 11.4. The van der Waals surface area contributed by atoms with Gasteiger partial charge in [-0.15, -0.1) is 5.10 Å². The SMILES string of the molecule is Cc1ccc(C(O)Cc2cn(-c3ccc(Cl)cc3O)nn2)c(F)c1. The normalized spacial score (nSPS) is 12.3. The van der Waals surface area contributed by atoms with Crippen LogP contribution in [-0.2, 0) is 6.42 Å². The first-order valence-corrected chi connectivity index (χ1v) is 7.66. The maximum Gasteiger partial charge on any atom is 0.142 e. The maximum atomic E-state index is 13.9. The van der Waals surface area contributed by atoms with E-state index in [2.05, 4.69) is 10.3 Å². The second-order valence-corrected chi connectivity index (χ2v) is 5.97. The van der Waals surface area contributed by atoms with Gasteiger partial charge < -0.3 is 10.2 Å². The number of aromatic hydroxyl groups is 1. The lowest BCUT2D eigenvalue weighted by molar-refractivity contribution is 0.172. The van der Waals surface area contributed by atoms with Crippen LogP contribution in [0.5, 0.6) is 5.75 Å². The molecule has 1 heterocycles. The fourth-order valence-electron chi connectivity index (χ4n) is 2.41. The number of hydrogen-bond acceptors (Lipinski definition) is 4. The van der Waals surface area contributed by atoms with Gasteiger partial charge in [-0.3, -0.25) is 0 Å². The number of hydrogen-bond donors (Lipinski definition) is 2. The van der Waals surface area contributed by atoms with Gasteiger partial charge in [0, 0.05) is 23.1 Å². The Bertz CT molecular complexity index is 882. The fourth-order valence-corrected chi connectivity index (χ4v) is 2.58. The minimum atomic E-state index is -1.03. The summed E-state index contributed by atoms with van der Waals surface area (Å²) in [6.45, 7) is 1.78. The van der Waals surface area contributed by atoms with Crippen molar-refractivity contribution in [2.45, 2.75) is 19.4 Å². The number of aliphatic hydroxyl groups excluding tert-OH is 1. The van der Waals surface area contributed by atoms with Gasteiger partial charge in [-0.05, 0) is 30.7 Å². The van der Waals surface area contributed by atoms with Crippen molar-refractivity contribution in [2.75, 3.05) is 0 Å². The minimum absolute atomic E-state index is 0.0379. The second kappa shape index (κ2) is 6.59. The van der Waals surface area contributed by atoms with Crippen molar-refractivity contribution >= 4 is 11.6 Å². The van der Waals surface area contributed by atoms with Crippen LogP contribution in [0.1, 0.15) is 22.9 Å². The van der Waals surface area contributed by atoms with Crippen LogP contribution < -0.4 is 0 Å². The highest BCUT2D eigenvalue weighted by Crippen LogP contribution is 2.26. The summed E-state index contributed by atoms with van der Waals surface area (Å²) in [4.78, 5) is 0. The molecule has 0 spiro atoms. The van der Waals surface area contributed by atoms with Gasteiger partial charge in [0.25, 0.3) is 0 Å². The average molecular weight is 348 g/mol. The molecular formula is C17H15ClFN3O2. The van der Waals surface area contributed by atoms with E-state index < -0.39 is 11.9 Å². The summed E-state index contributed by atoms with van der Waals surface area (Å²) in [5, 5.41) is 28.4. The van der Waals surface area contributed by atoms with Gasteiger partial charge in [0.2, 0.25) is 0 Å². The van der Waals surface area contributed by atoms with Gasteiger partial charge in [0.05, 0.1) is 18.0 Å². The molecule has 0 saturated heterocycles. The molecule has 3 rings (SSSR count). The van der Waals surface area contributed by atoms with Crippen molar-refractivity contribution < 1.29 is 14.6 Å². The minimum Gasteiger partial charge on any atom is -0.506 e. The van der Waals surface area contributed by atoms with Crippen molar-refractivity contribution in [3.05, 3.63) is 70.3 Å². The van der Waals surface area contributed by atoms with E-state index in [1.54, 1.807) is 37.4 Å². The third-order valence-corrected chi connectivity index (χ3v) is 3.88. The summed E-state index contributed by atoms with van der Waals surface area (Å²) < 4.78 is 15.3. The Labute approximate surface area is 142 Å². The zero-order chi connectivity index (χ0) is 17.3. The largest absolute Gasteiger partial charge is 0.506 e. The summed E-state index contributed by atoms with van der Waals surface area (Å²) in [5.74, 6) is -0.491. The van der Waals surface area contributed by atoms with E-state index >= 15 is 0 Å². The van der Waals surface area contributed by atoms with E-state index in [1.165, 1.54) is 16.8 Å². The third kappa shape index (κ3) is 3.39. The lowest BCUT2D eigenvalue weighted by Gasteiger charge is -2.10. The highest BCUT2D eigenvalue weighted by atomic mass is 35.5. The Kier molecular flexibility index (Phi) is 4.51. The molecule has 0 saturated carbocycles. The Balaban J connectivity index is 1.81. The number of aromatic nitrogens is 3. The molecule has 0 bridgehead atoms. The highest BCUT2D eigenvalue weighted by Gasteiger charge is 2.16. The van der Waals surface area contributed by atoms with E-state index in [0.29, 0.717) is 16.4 Å². The number of phenolic OH excluding ortho intramolecular Hbond substituents is 1. The molecular weight excluding hydrogens is 333 g/mol. The maximum absolute atomic E-state index is 13.9. The molecule has 2 aromatic carbocycles. The molecule has 1 unspecified atom stereocenters. The van der Waals surface area contributed by atoms with Crippen LogP contribution in [-0.4, -0.2) is 25.2 Å². The van der Waals surface area contributed by atoms with Gasteiger partial charge in [-0.1, -0.05) is 28.9 Å². The number of phenols is 1. The Morgan fingerprint density at radius 2 is 2.04 bits per heavy atom. The summed E-state index contributed by atoms with van der Waals surface area (Å²) in [6.07, 6.45) is 0.640. The van der Waals surface area contributed by atoms with Crippen LogP contribution in [0.15, 0.2) is 42.6 Å². The van der Waals surface area contributed by atoms with E-state index in [1.807, 2.05) is 0 Å². The van der Waals surface area contributed by atoms with Gasteiger partial charge >= 0.3 is 0 Å².